The molecule has 3 heterocycles. The molecule has 1 amide bonds. The lowest BCUT2D eigenvalue weighted by Gasteiger charge is -2.51. The van der Waals surface area contributed by atoms with Crippen molar-refractivity contribution in [1.82, 2.24) is 35.1 Å². The van der Waals surface area contributed by atoms with Crippen LogP contribution in [0.5, 0.6) is 0 Å². The second kappa shape index (κ2) is 6.72. The van der Waals surface area contributed by atoms with Crippen molar-refractivity contribution in [3.63, 3.8) is 0 Å². The molecule has 148 valence electrons. The van der Waals surface area contributed by atoms with E-state index in [1.54, 1.807) is 11.0 Å². The molecule has 8 nitrogen and oxygen atoms in total. The van der Waals surface area contributed by atoms with E-state index < -0.39 is 0 Å². The third-order valence-corrected chi connectivity index (χ3v) is 6.45. The van der Waals surface area contributed by atoms with Crippen LogP contribution in [0, 0.1) is 6.92 Å². The number of likely N-dealkylation sites (tertiary alicyclic amines) is 1. The third-order valence-electron chi connectivity index (χ3n) is 6.45. The van der Waals surface area contributed by atoms with E-state index in [0.717, 1.165) is 43.6 Å². The third kappa shape index (κ3) is 2.82. The van der Waals surface area contributed by atoms with Gasteiger partial charge in [-0.15, -0.1) is 5.10 Å². The van der Waals surface area contributed by atoms with Crippen LogP contribution in [0.2, 0.25) is 0 Å². The summed E-state index contributed by atoms with van der Waals surface area (Å²) in [6.45, 7) is 4.86. The Bertz CT molecular complexity index is 1080. The molecule has 0 spiro atoms. The monoisotopic (exact) mass is 389 g/mol. The largest absolute Gasteiger partial charge is 0.335 e. The number of benzene rings is 1. The van der Waals surface area contributed by atoms with Gasteiger partial charge in [0.2, 0.25) is 0 Å². The number of hydrogen-bond acceptors (Lipinski definition) is 6. The Morgan fingerprint density at radius 1 is 1.31 bits per heavy atom. The minimum Gasteiger partial charge on any atom is -0.335 e. The molecule has 2 atom stereocenters. The van der Waals surface area contributed by atoms with Crippen molar-refractivity contribution in [2.24, 2.45) is 0 Å². The summed E-state index contributed by atoms with van der Waals surface area (Å²) in [6.07, 6.45) is 7.41. The van der Waals surface area contributed by atoms with Gasteiger partial charge in [-0.1, -0.05) is 13.0 Å². The quantitative estimate of drug-likeness (QED) is 0.668. The topological polar surface area (TPSA) is 89.7 Å². The van der Waals surface area contributed by atoms with Crippen LogP contribution in [0.3, 0.4) is 0 Å². The number of nitrogens with zero attached hydrogens (tertiary/aromatic N) is 7. The fourth-order valence-corrected chi connectivity index (χ4v) is 5.03. The van der Waals surface area contributed by atoms with Crippen molar-refractivity contribution in [1.29, 1.82) is 0 Å². The second-order valence-electron chi connectivity index (χ2n) is 8.16. The van der Waals surface area contributed by atoms with Gasteiger partial charge >= 0.3 is 0 Å². The summed E-state index contributed by atoms with van der Waals surface area (Å²) in [5, 5.41) is 11.7. The molecule has 8 heteroatoms. The van der Waals surface area contributed by atoms with Crippen LogP contribution in [0.25, 0.3) is 5.69 Å². The molecule has 1 aliphatic carbocycles. The van der Waals surface area contributed by atoms with Gasteiger partial charge in [-0.3, -0.25) is 4.79 Å². The van der Waals surface area contributed by atoms with Crippen molar-refractivity contribution in [3.05, 3.63) is 59.4 Å². The molecule has 2 aliphatic rings. The molecular formula is C21H23N7O. The standard InChI is InChI=1S/C21H23N7O/c1-14-24-25-26-28(14)17-6-3-5-15(11-17)20(29)27-10-4-9-21(2)18(27)8-7-16-12-22-13-23-19(16)21/h3,5-6,11-13,18H,4,7-10H2,1-2H3/t18?,21-/m1/s1. The SMILES string of the molecule is Cc1nnnn1-c1cccc(C(=O)N2CCC[C@@]3(C)c4ncncc4CCC23)c1. The zero-order valence-electron chi connectivity index (χ0n) is 16.6. The maximum absolute atomic E-state index is 13.5. The Balaban J connectivity index is 1.49. The molecule has 1 aliphatic heterocycles. The number of aromatic nitrogens is 6. The van der Waals surface area contributed by atoms with Gasteiger partial charge in [-0.25, -0.2) is 9.97 Å². The first-order valence-electron chi connectivity index (χ1n) is 10.0. The summed E-state index contributed by atoms with van der Waals surface area (Å²) in [7, 11) is 0. The second-order valence-corrected chi connectivity index (χ2v) is 8.16. The molecule has 0 N–H and O–H groups in total. The van der Waals surface area contributed by atoms with Crippen molar-refractivity contribution >= 4 is 5.91 Å². The van der Waals surface area contributed by atoms with Crippen LogP contribution in [0.1, 0.15) is 53.6 Å². The fourth-order valence-electron chi connectivity index (χ4n) is 5.03. The van der Waals surface area contributed by atoms with Crippen LogP contribution in [0.4, 0.5) is 0 Å². The van der Waals surface area contributed by atoms with E-state index in [0.29, 0.717) is 11.4 Å². The van der Waals surface area contributed by atoms with Crippen LogP contribution >= 0.6 is 0 Å². The summed E-state index contributed by atoms with van der Waals surface area (Å²) >= 11 is 0. The highest BCUT2D eigenvalue weighted by molar-refractivity contribution is 5.95. The van der Waals surface area contributed by atoms with Gasteiger partial charge in [0, 0.05) is 29.8 Å². The smallest absolute Gasteiger partial charge is 0.254 e. The van der Waals surface area contributed by atoms with Gasteiger partial charge < -0.3 is 4.90 Å². The fraction of sp³-hybridized carbons (Fsp3) is 0.429. The average molecular weight is 389 g/mol. The predicted molar refractivity (Wildman–Crippen MR) is 106 cm³/mol. The maximum Gasteiger partial charge on any atom is 0.254 e. The van der Waals surface area contributed by atoms with Crippen LogP contribution in [-0.2, 0) is 11.8 Å². The molecule has 1 unspecified atom stereocenters. The van der Waals surface area contributed by atoms with E-state index in [1.165, 1.54) is 5.56 Å². The minimum absolute atomic E-state index is 0.0611. The molecule has 2 aromatic heterocycles. The van der Waals surface area contributed by atoms with Crippen molar-refractivity contribution < 1.29 is 4.79 Å². The highest BCUT2D eigenvalue weighted by Gasteiger charge is 2.48. The first-order valence-corrected chi connectivity index (χ1v) is 10.0. The minimum atomic E-state index is -0.131. The van der Waals surface area contributed by atoms with Gasteiger partial charge in [0.25, 0.3) is 5.91 Å². The molecule has 1 fully saturated rings. The summed E-state index contributed by atoms with van der Waals surface area (Å²) in [6, 6.07) is 7.68. The van der Waals surface area contributed by atoms with Gasteiger partial charge in [0.1, 0.15) is 6.33 Å². The lowest BCUT2D eigenvalue weighted by atomic mass is 9.65. The van der Waals surface area contributed by atoms with E-state index in [1.807, 2.05) is 37.4 Å². The molecule has 0 radical (unpaired) electrons. The number of carbonyl (C=O) groups is 1. The normalized spacial score (nSPS) is 23.4. The highest BCUT2D eigenvalue weighted by atomic mass is 16.2. The summed E-state index contributed by atoms with van der Waals surface area (Å²) in [4.78, 5) is 24.4. The van der Waals surface area contributed by atoms with Crippen LogP contribution in [0.15, 0.2) is 36.8 Å². The van der Waals surface area contributed by atoms with E-state index in [-0.39, 0.29) is 17.4 Å². The van der Waals surface area contributed by atoms with Gasteiger partial charge in [-0.05, 0) is 66.8 Å². The molecule has 1 aromatic carbocycles. The van der Waals surface area contributed by atoms with Gasteiger partial charge in [-0.2, -0.15) is 4.68 Å². The van der Waals surface area contributed by atoms with E-state index in [2.05, 4.69) is 37.3 Å². The number of aryl methyl sites for hydroxylation is 2. The van der Waals surface area contributed by atoms with Gasteiger partial charge in [0.05, 0.1) is 11.4 Å². The Kier molecular flexibility index (Phi) is 4.15. The Labute approximate surface area is 169 Å². The number of amides is 1. The molecule has 5 rings (SSSR count). The Morgan fingerprint density at radius 2 is 2.21 bits per heavy atom. The zero-order chi connectivity index (χ0) is 20.0. The maximum atomic E-state index is 13.5. The Morgan fingerprint density at radius 3 is 3.03 bits per heavy atom. The number of carbonyl (C=O) groups excluding carboxylic acids is 1. The summed E-state index contributed by atoms with van der Waals surface area (Å²) < 4.78 is 1.64. The number of hydrogen-bond donors (Lipinski definition) is 0. The van der Waals surface area contributed by atoms with Crippen LogP contribution in [-0.4, -0.2) is 53.6 Å². The van der Waals surface area contributed by atoms with E-state index in [9.17, 15) is 4.79 Å². The summed E-state index contributed by atoms with van der Waals surface area (Å²) in [5.41, 5.74) is 3.65. The number of piperidine rings is 1. The van der Waals surface area contributed by atoms with E-state index >= 15 is 0 Å². The molecular weight excluding hydrogens is 366 g/mol. The van der Waals surface area contributed by atoms with E-state index in [4.69, 9.17) is 0 Å². The predicted octanol–water partition coefficient (Wildman–Crippen LogP) is 2.27. The lowest BCUT2D eigenvalue weighted by molar-refractivity contribution is 0.0379. The zero-order valence-corrected chi connectivity index (χ0v) is 16.6. The van der Waals surface area contributed by atoms with Crippen molar-refractivity contribution in [2.45, 2.75) is 51.0 Å². The summed E-state index contributed by atoms with van der Waals surface area (Å²) in [5.74, 6) is 0.745. The number of tetrazole rings is 1. The highest BCUT2D eigenvalue weighted by Crippen LogP contribution is 2.44. The lowest BCUT2D eigenvalue weighted by Crippen LogP contribution is -2.57. The Hall–Kier alpha value is -3.16. The number of fused-ring (bicyclic) bond motifs is 3. The van der Waals surface area contributed by atoms with Gasteiger partial charge in [0.15, 0.2) is 5.82 Å². The number of rotatable bonds is 2. The average Bonchev–Trinajstić information content (AvgIpc) is 3.18. The van der Waals surface area contributed by atoms with Crippen LogP contribution < -0.4 is 0 Å². The van der Waals surface area contributed by atoms with Crippen molar-refractivity contribution in [3.8, 4) is 5.69 Å². The molecule has 3 aromatic rings. The molecule has 0 bridgehead atoms. The first-order chi connectivity index (χ1) is 14.1. The first kappa shape index (κ1) is 17.9. The molecule has 29 heavy (non-hydrogen) atoms. The van der Waals surface area contributed by atoms with Crippen molar-refractivity contribution in [2.75, 3.05) is 6.54 Å². The molecule has 0 saturated carbocycles. The molecule has 1 saturated heterocycles.